The Bertz CT molecular complexity index is 1610. The van der Waals surface area contributed by atoms with Gasteiger partial charge < -0.3 is 28.9 Å². The van der Waals surface area contributed by atoms with E-state index in [2.05, 4.69) is 11.1 Å². The zero-order valence-corrected chi connectivity index (χ0v) is 21.0. The van der Waals surface area contributed by atoms with Crippen LogP contribution in [0.5, 0.6) is 11.5 Å². The second-order valence-corrected chi connectivity index (χ2v) is 9.72. The van der Waals surface area contributed by atoms with Crippen molar-refractivity contribution in [2.24, 2.45) is 0 Å². The number of amides is 1. The third kappa shape index (κ3) is 4.37. The molecule has 0 bridgehead atoms. The third-order valence-corrected chi connectivity index (χ3v) is 7.32. The number of aromatic hydroxyl groups is 1. The lowest BCUT2D eigenvalue weighted by atomic mass is 9.88. The summed E-state index contributed by atoms with van der Waals surface area (Å²) < 4.78 is 17.1. The second-order valence-electron chi connectivity index (χ2n) is 9.72. The van der Waals surface area contributed by atoms with Gasteiger partial charge in [0.2, 0.25) is 17.1 Å². The van der Waals surface area contributed by atoms with Crippen molar-refractivity contribution >= 4 is 22.9 Å². The second kappa shape index (κ2) is 9.87. The molecular weight excluding hydrogens is 484 g/mol. The predicted molar refractivity (Wildman–Crippen MR) is 142 cm³/mol. The van der Waals surface area contributed by atoms with Gasteiger partial charge in [0.25, 0.3) is 0 Å². The maximum Gasteiger partial charge on any atom is 0.227 e. The number of fused-ring (bicyclic) bond motifs is 4. The van der Waals surface area contributed by atoms with Gasteiger partial charge in [-0.05, 0) is 35.8 Å². The minimum Gasteiger partial charge on any atom is -0.502 e. The van der Waals surface area contributed by atoms with Crippen LogP contribution in [-0.2, 0) is 29.1 Å². The summed E-state index contributed by atoms with van der Waals surface area (Å²) in [4.78, 5) is 31.6. The summed E-state index contributed by atoms with van der Waals surface area (Å²) >= 11 is 0. The monoisotopic (exact) mass is 512 g/mol. The van der Waals surface area contributed by atoms with Crippen LogP contribution >= 0.6 is 0 Å². The van der Waals surface area contributed by atoms with Crippen molar-refractivity contribution in [1.29, 1.82) is 0 Å². The highest BCUT2D eigenvalue weighted by molar-refractivity contribution is 5.86. The first kappa shape index (κ1) is 24.1. The number of carbonyl (C=O) groups is 1. The van der Waals surface area contributed by atoms with E-state index in [1.807, 2.05) is 53.4 Å². The van der Waals surface area contributed by atoms with Crippen molar-refractivity contribution in [2.45, 2.75) is 31.9 Å². The average molecular weight is 513 g/mol. The molecule has 2 aromatic heterocycles. The topological polar surface area (TPSA) is 105 Å². The zero-order valence-electron chi connectivity index (χ0n) is 21.0. The molecule has 8 nitrogen and oxygen atoms in total. The van der Waals surface area contributed by atoms with Gasteiger partial charge in [-0.15, -0.1) is 0 Å². The molecule has 0 saturated carbocycles. The van der Waals surface area contributed by atoms with E-state index in [-0.39, 0.29) is 37.1 Å². The van der Waals surface area contributed by atoms with Crippen LogP contribution in [0.15, 0.2) is 69.4 Å². The number of benzene rings is 2. The molecule has 0 spiro atoms. The van der Waals surface area contributed by atoms with Gasteiger partial charge in [-0.2, -0.15) is 0 Å². The Kier molecular flexibility index (Phi) is 6.25. The molecule has 4 heterocycles. The Hall–Kier alpha value is -4.30. The number of carbonyl (C=O) groups excluding carboxylic acids is 1. The summed E-state index contributed by atoms with van der Waals surface area (Å²) in [5.74, 6) is -0.221. The summed E-state index contributed by atoms with van der Waals surface area (Å²) in [5.41, 5.74) is 4.38. The van der Waals surface area contributed by atoms with E-state index in [9.17, 15) is 14.7 Å². The standard InChI is InChI=1S/C30H28N2O6/c1-36-17-20-13-26(33)29(35)30(38-20)23(19-12-18-6-2-5-9-27(18)37-16-19)14-28(34)32-11-10-22-21-7-3-4-8-24(21)31-25(22)15-32/h2-9,12-13,23,31,35H,10-11,14-17H2,1H3. The quantitative estimate of drug-likeness (QED) is 0.394. The number of aromatic amines is 1. The number of hydrogen-bond donors (Lipinski definition) is 2. The van der Waals surface area contributed by atoms with E-state index < -0.39 is 17.1 Å². The summed E-state index contributed by atoms with van der Waals surface area (Å²) in [7, 11) is 1.50. The predicted octanol–water partition coefficient (Wildman–Crippen LogP) is 4.51. The van der Waals surface area contributed by atoms with E-state index >= 15 is 0 Å². The molecule has 6 rings (SSSR count). The van der Waals surface area contributed by atoms with E-state index in [0.717, 1.165) is 34.5 Å². The van der Waals surface area contributed by atoms with Crippen molar-refractivity contribution in [3.05, 3.63) is 98.7 Å². The number of hydrogen-bond acceptors (Lipinski definition) is 6. The van der Waals surface area contributed by atoms with Crippen molar-refractivity contribution in [3.8, 4) is 11.5 Å². The molecule has 1 unspecified atom stereocenters. The van der Waals surface area contributed by atoms with Crippen LogP contribution < -0.4 is 10.2 Å². The Balaban J connectivity index is 1.35. The highest BCUT2D eigenvalue weighted by atomic mass is 16.5. The van der Waals surface area contributed by atoms with E-state index in [0.29, 0.717) is 13.1 Å². The highest BCUT2D eigenvalue weighted by Gasteiger charge is 2.32. The SMILES string of the molecule is COCc1cc(=O)c(O)c(C(CC(=O)N2CCc3c([nH]c4ccccc34)C2)C2=Cc3ccccc3OC2)o1. The minimum absolute atomic E-state index is 0.0137. The zero-order chi connectivity index (χ0) is 26.2. The molecule has 2 N–H and O–H groups in total. The number of H-pyrrole nitrogens is 1. The Morgan fingerprint density at radius 3 is 2.87 bits per heavy atom. The maximum atomic E-state index is 13.7. The largest absolute Gasteiger partial charge is 0.502 e. The molecule has 38 heavy (non-hydrogen) atoms. The molecule has 2 aliphatic heterocycles. The number of methoxy groups -OCH3 is 1. The highest BCUT2D eigenvalue weighted by Crippen LogP contribution is 2.39. The minimum atomic E-state index is -0.690. The van der Waals surface area contributed by atoms with Crippen LogP contribution in [0.4, 0.5) is 0 Å². The fourth-order valence-electron chi connectivity index (χ4n) is 5.44. The lowest BCUT2D eigenvalue weighted by Crippen LogP contribution is -2.37. The van der Waals surface area contributed by atoms with Crippen LogP contribution in [0.25, 0.3) is 17.0 Å². The average Bonchev–Trinajstić information content (AvgIpc) is 3.31. The van der Waals surface area contributed by atoms with Crippen molar-refractivity contribution in [3.63, 3.8) is 0 Å². The first-order valence-corrected chi connectivity index (χ1v) is 12.6. The van der Waals surface area contributed by atoms with Crippen LogP contribution in [0, 0.1) is 0 Å². The summed E-state index contributed by atoms with van der Waals surface area (Å²) in [5, 5.41) is 12.0. The van der Waals surface area contributed by atoms with Gasteiger partial charge in [0.05, 0.1) is 12.5 Å². The molecule has 0 fully saturated rings. The van der Waals surface area contributed by atoms with Crippen LogP contribution in [0.3, 0.4) is 0 Å². The van der Waals surface area contributed by atoms with E-state index in [1.54, 1.807) is 0 Å². The first-order valence-electron chi connectivity index (χ1n) is 12.6. The van der Waals surface area contributed by atoms with Gasteiger partial charge in [-0.1, -0.05) is 36.4 Å². The number of para-hydroxylation sites is 2. The van der Waals surface area contributed by atoms with Gasteiger partial charge in [0.1, 0.15) is 24.7 Å². The number of ether oxygens (including phenoxy) is 2. The molecule has 0 aliphatic carbocycles. The maximum absolute atomic E-state index is 13.7. The molecule has 1 amide bonds. The smallest absolute Gasteiger partial charge is 0.227 e. The summed E-state index contributed by atoms with van der Waals surface area (Å²) in [6, 6.07) is 17.0. The lowest BCUT2D eigenvalue weighted by Gasteiger charge is -2.30. The Morgan fingerprint density at radius 2 is 2.00 bits per heavy atom. The number of nitrogens with one attached hydrogen (secondary N) is 1. The van der Waals surface area contributed by atoms with Crippen LogP contribution in [0.2, 0.25) is 0 Å². The molecule has 2 aliphatic rings. The molecular formula is C30H28N2O6. The Morgan fingerprint density at radius 1 is 1.18 bits per heavy atom. The molecule has 2 aromatic carbocycles. The van der Waals surface area contributed by atoms with Crippen LogP contribution in [0.1, 0.15) is 40.7 Å². The number of aromatic nitrogens is 1. The lowest BCUT2D eigenvalue weighted by molar-refractivity contribution is -0.132. The fourth-order valence-corrected chi connectivity index (χ4v) is 5.44. The molecule has 194 valence electrons. The van der Waals surface area contributed by atoms with Gasteiger partial charge >= 0.3 is 0 Å². The van der Waals surface area contributed by atoms with Crippen molar-refractivity contribution in [1.82, 2.24) is 9.88 Å². The van der Waals surface area contributed by atoms with Crippen LogP contribution in [-0.4, -0.2) is 41.2 Å². The van der Waals surface area contributed by atoms with Crippen molar-refractivity contribution in [2.75, 3.05) is 20.3 Å². The number of nitrogens with zero attached hydrogens (tertiary/aromatic N) is 1. The number of rotatable bonds is 6. The third-order valence-electron chi connectivity index (χ3n) is 7.32. The van der Waals surface area contributed by atoms with Crippen molar-refractivity contribution < 1.29 is 23.8 Å². The van der Waals surface area contributed by atoms with Gasteiger partial charge in [-0.25, -0.2) is 0 Å². The first-order chi connectivity index (χ1) is 18.5. The summed E-state index contributed by atoms with van der Waals surface area (Å²) in [6.45, 7) is 1.32. The van der Waals surface area contributed by atoms with E-state index in [4.69, 9.17) is 13.9 Å². The molecule has 0 radical (unpaired) electrons. The van der Waals surface area contributed by atoms with Gasteiger partial charge in [0.15, 0.2) is 5.76 Å². The normalized spacial score (nSPS) is 15.4. The molecule has 0 saturated heterocycles. The summed E-state index contributed by atoms with van der Waals surface area (Å²) in [6.07, 6.45) is 2.71. The Labute approximate surface area is 219 Å². The molecule has 4 aromatic rings. The van der Waals surface area contributed by atoms with Gasteiger partial charge in [0, 0.05) is 48.3 Å². The van der Waals surface area contributed by atoms with Gasteiger partial charge in [-0.3, -0.25) is 9.59 Å². The fraction of sp³-hybridized carbons (Fsp3) is 0.267. The molecule has 8 heteroatoms. The molecule has 1 atom stereocenters. The van der Waals surface area contributed by atoms with E-state index in [1.165, 1.54) is 24.1 Å².